The van der Waals surface area contributed by atoms with Crippen LogP contribution in [-0.2, 0) is 0 Å². The van der Waals surface area contributed by atoms with Gasteiger partial charge < -0.3 is 0 Å². The maximum Gasteiger partial charge on any atom is 0.142 e. The van der Waals surface area contributed by atoms with Crippen molar-refractivity contribution < 1.29 is 4.39 Å². The van der Waals surface area contributed by atoms with Crippen molar-refractivity contribution in [2.45, 2.75) is 0 Å². The Hall–Kier alpha value is -0.570. The minimum atomic E-state index is -0.523. The van der Waals surface area contributed by atoms with Crippen LogP contribution in [0.5, 0.6) is 0 Å². The number of hydrogen-bond donors (Lipinski definition) is 0. The van der Waals surface area contributed by atoms with Gasteiger partial charge in [-0.1, -0.05) is 34.8 Å². The van der Waals surface area contributed by atoms with Gasteiger partial charge in [-0.2, -0.15) is 0 Å². The number of aromatic nitrogens is 1. The first-order valence-electron chi connectivity index (χ1n) is 3.69. The lowest BCUT2D eigenvalue weighted by Crippen LogP contribution is -1.84. The molecule has 0 unspecified atom stereocenters. The molecule has 0 atom stereocenters. The standard InChI is InChI=1S/C9H3Cl3FN/c10-5-3-9(12)14-8-2-6(11)7(13)1-4(5)8/h1-3H. The van der Waals surface area contributed by atoms with E-state index < -0.39 is 5.82 Å². The summed E-state index contributed by atoms with van der Waals surface area (Å²) >= 11 is 17.1. The van der Waals surface area contributed by atoms with Crippen molar-refractivity contribution in [2.24, 2.45) is 0 Å². The zero-order valence-electron chi connectivity index (χ0n) is 6.69. The van der Waals surface area contributed by atoms with Crippen LogP contribution in [0, 0.1) is 5.82 Å². The average Bonchev–Trinajstić information content (AvgIpc) is 2.08. The molecule has 1 aromatic carbocycles. The summed E-state index contributed by atoms with van der Waals surface area (Å²) in [5.74, 6) is -0.523. The highest BCUT2D eigenvalue weighted by Crippen LogP contribution is 2.28. The summed E-state index contributed by atoms with van der Waals surface area (Å²) in [5.41, 5.74) is 0.480. The number of rotatable bonds is 0. The van der Waals surface area contributed by atoms with E-state index >= 15 is 0 Å². The van der Waals surface area contributed by atoms with E-state index in [9.17, 15) is 4.39 Å². The van der Waals surface area contributed by atoms with Crippen molar-refractivity contribution in [3.05, 3.63) is 39.2 Å². The van der Waals surface area contributed by atoms with Gasteiger partial charge in [0.1, 0.15) is 11.0 Å². The minimum Gasteiger partial charge on any atom is -0.236 e. The molecular weight excluding hydrogens is 247 g/mol. The van der Waals surface area contributed by atoms with E-state index in [2.05, 4.69) is 4.98 Å². The summed E-state index contributed by atoms with van der Waals surface area (Å²) in [5, 5.41) is 1.11. The third-order valence-electron chi connectivity index (χ3n) is 1.77. The Morgan fingerprint density at radius 2 is 1.71 bits per heavy atom. The van der Waals surface area contributed by atoms with E-state index in [4.69, 9.17) is 34.8 Å². The van der Waals surface area contributed by atoms with Gasteiger partial charge in [0.2, 0.25) is 0 Å². The predicted molar refractivity (Wildman–Crippen MR) is 56.7 cm³/mol. The van der Waals surface area contributed by atoms with Crippen molar-refractivity contribution in [2.75, 3.05) is 0 Å². The molecule has 1 aromatic heterocycles. The molecule has 0 saturated heterocycles. The van der Waals surface area contributed by atoms with Gasteiger partial charge in [0.25, 0.3) is 0 Å². The van der Waals surface area contributed by atoms with Gasteiger partial charge in [-0.05, 0) is 18.2 Å². The fourth-order valence-electron chi connectivity index (χ4n) is 1.15. The van der Waals surface area contributed by atoms with E-state index in [1.54, 1.807) is 0 Å². The zero-order chi connectivity index (χ0) is 10.3. The van der Waals surface area contributed by atoms with Gasteiger partial charge in [-0.3, -0.25) is 0 Å². The molecule has 72 valence electrons. The second-order valence-corrected chi connectivity index (χ2v) is 3.91. The molecular formula is C9H3Cl3FN. The number of pyridine rings is 1. The molecule has 14 heavy (non-hydrogen) atoms. The van der Waals surface area contributed by atoms with Gasteiger partial charge in [0.05, 0.1) is 15.6 Å². The molecule has 0 bridgehead atoms. The largest absolute Gasteiger partial charge is 0.236 e. The summed E-state index contributed by atoms with van der Waals surface area (Å²) in [6.45, 7) is 0. The van der Waals surface area contributed by atoms with Crippen molar-refractivity contribution in [3.63, 3.8) is 0 Å². The van der Waals surface area contributed by atoms with Crippen LogP contribution in [0.4, 0.5) is 4.39 Å². The highest BCUT2D eigenvalue weighted by Gasteiger charge is 2.07. The molecule has 0 amide bonds. The quantitative estimate of drug-likeness (QED) is 0.634. The number of benzene rings is 1. The maximum absolute atomic E-state index is 13.1. The highest BCUT2D eigenvalue weighted by molar-refractivity contribution is 6.38. The van der Waals surface area contributed by atoms with Crippen LogP contribution in [-0.4, -0.2) is 4.98 Å². The van der Waals surface area contributed by atoms with Crippen LogP contribution in [0.25, 0.3) is 10.9 Å². The van der Waals surface area contributed by atoms with Gasteiger partial charge in [0.15, 0.2) is 0 Å². The van der Waals surface area contributed by atoms with Crippen LogP contribution < -0.4 is 0 Å². The van der Waals surface area contributed by atoms with E-state index in [1.807, 2.05) is 0 Å². The normalized spacial score (nSPS) is 10.9. The molecule has 0 aliphatic heterocycles. The van der Waals surface area contributed by atoms with Crippen LogP contribution >= 0.6 is 34.8 Å². The maximum atomic E-state index is 13.1. The first-order valence-corrected chi connectivity index (χ1v) is 4.82. The van der Waals surface area contributed by atoms with E-state index in [-0.39, 0.29) is 10.2 Å². The van der Waals surface area contributed by atoms with Crippen LogP contribution in [0.3, 0.4) is 0 Å². The monoisotopic (exact) mass is 249 g/mol. The first kappa shape index (κ1) is 9.97. The van der Waals surface area contributed by atoms with Crippen molar-refractivity contribution in [1.29, 1.82) is 0 Å². The van der Waals surface area contributed by atoms with E-state index in [1.165, 1.54) is 18.2 Å². The third kappa shape index (κ3) is 1.65. The lowest BCUT2D eigenvalue weighted by atomic mass is 10.2. The molecule has 0 saturated carbocycles. The van der Waals surface area contributed by atoms with Crippen LogP contribution in [0.1, 0.15) is 0 Å². The lowest BCUT2D eigenvalue weighted by Gasteiger charge is -2.02. The second kappa shape index (κ2) is 3.54. The Balaban J connectivity index is 2.89. The Bertz CT molecular complexity index is 513. The van der Waals surface area contributed by atoms with Crippen molar-refractivity contribution in [1.82, 2.24) is 4.98 Å². The number of nitrogens with zero attached hydrogens (tertiary/aromatic N) is 1. The molecule has 2 rings (SSSR count). The number of fused-ring (bicyclic) bond motifs is 1. The molecule has 1 heterocycles. The molecule has 0 aliphatic carbocycles. The summed E-state index contributed by atoms with van der Waals surface area (Å²) in [7, 11) is 0. The predicted octanol–water partition coefficient (Wildman–Crippen LogP) is 4.33. The van der Waals surface area contributed by atoms with Gasteiger partial charge in [0, 0.05) is 5.39 Å². The van der Waals surface area contributed by atoms with Gasteiger partial charge in [-0.25, -0.2) is 9.37 Å². The van der Waals surface area contributed by atoms with Crippen molar-refractivity contribution >= 4 is 45.7 Å². The van der Waals surface area contributed by atoms with Gasteiger partial charge in [-0.15, -0.1) is 0 Å². The molecule has 0 spiro atoms. The zero-order valence-corrected chi connectivity index (χ0v) is 8.96. The highest BCUT2D eigenvalue weighted by atomic mass is 35.5. The topological polar surface area (TPSA) is 12.9 Å². The summed E-state index contributed by atoms with van der Waals surface area (Å²) in [6, 6.07) is 4.09. The average molecular weight is 250 g/mol. The fourth-order valence-corrected chi connectivity index (χ4v) is 1.82. The Kier molecular flexibility index (Phi) is 2.52. The Morgan fingerprint density at radius 3 is 2.43 bits per heavy atom. The molecule has 0 N–H and O–H groups in total. The number of halogens is 4. The number of hydrogen-bond acceptors (Lipinski definition) is 1. The van der Waals surface area contributed by atoms with E-state index in [0.717, 1.165) is 0 Å². The Morgan fingerprint density at radius 1 is 1.00 bits per heavy atom. The fraction of sp³-hybridized carbons (Fsp3) is 0. The second-order valence-electron chi connectivity index (χ2n) is 2.71. The van der Waals surface area contributed by atoms with Gasteiger partial charge >= 0.3 is 0 Å². The van der Waals surface area contributed by atoms with Crippen molar-refractivity contribution in [3.8, 4) is 0 Å². The minimum absolute atomic E-state index is 0.00309. The third-order valence-corrected chi connectivity index (χ3v) is 2.56. The summed E-state index contributed by atoms with van der Waals surface area (Å²) < 4.78 is 13.1. The lowest BCUT2D eigenvalue weighted by molar-refractivity contribution is 0.630. The first-order chi connectivity index (χ1) is 6.58. The molecule has 1 nitrogen and oxygen atoms in total. The summed E-state index contributed by atoms with van der Waals surface area (Å²) in [4.78, 5) is 3.97. The summed E-state index contributed by atoms with van der Waals surface area (Å²) in [6.07, 6.45) is 0. The SMILES string of the molecule is Fc1cc2c(Cl)cc(Cl)nc2cc1Cl. The molecule has 5 heteroatoms. The Labute approximate surface area is 94.4 Å². The molecule has 0 radical (unpaired) electrons. The molecule has 0 fully saturated rings. The van der Waals surface area contributed by atoms with E-state index in [0.29, 0.717) is 15.9 Å². The smallest absolute Gasteiger partial charge is 0.142 e. The van der Waals surface area contributed by atoms with Crippen LogP contribution in [0.15, 0.2) is 18.2 Å². The molecule has 0 aliphatic rings. The van der Waals surface area contributed by atoms with Crippen LogP contribution in [0.2, 0.25) is 15.2 Å². The molecule has 2 aromatic rings.